The van der Waals surface area contributed by atoms with Crippen molar-refractivity contribution in [1.29, 1.82) is 0 Å². The summed E-state index contributed by atoms with van der Waals surface area (Å²) in [5.74, 6) is 0. The van der Waals surface area contributed by atoms with E-state index in [2.05, 4.69) is 10.0 Å². The summed E-state index contributed by atoms with van der Waals surface area (Å²) < 4.78 is 12.3. The number of rotatable bonds is 3. The Morgan fingerprint density at radius 1 is 1.18 bits per heavy atom. The van der Waals surface area contributed by atoms with Crippen LogP contribution in [0, 0.1) is 13.8 Å². The molecule has 0 bridgehead atoms. The number of nitrogens with zero attached hydrogens (tertiary/aromatic N) is 3. The molecule has 1 heterocycles. The minimum absolute atomic E-state index is 0.368. The van der Waals surface area contributed by atoms with E-state index in [1.807, 2.05) is 47.6 Å². The second-order valence-electron chi connectivity index (χ2n) is 6.70. The summed E-state index contributed by atoms with van der Waals surface area (Å²) in [5.41, 5.74) is 18.0. The number of benzene rings is 1. The van der Waals surface area contributed by atoms with Crippen LogP contribution < -0.4 is 11.2 Å². The molecule has 1 aliphatic heterocycles. The third kappa shape index (κ3) is 2.61. The largest absolute Gasteiger partial charge is 0.495 e. The van der Waals surface area contributed by atoms with Gasteiger partial charge < -0.3 is 15.0 Å². The summed E-state index contributed by atoms with van der Waals surface area (Å²) in [7, 11) is -0.496. The standard InChI is InChI=1S/C15H23BN4O2/c1-9-11(8-17)7-12(19-20-18)10(2)13(9)16-21-14(3,4)15(5,6)22-16/h7H,8,17H2,1-6H3. The van der Waals surface area contributed by atoms with Crippen LogP contribution in [0.2, 0.25) is 0 Å². The smallest absolute Gasteiger partial charge is 0.399 e. The Morgan fingerprint density at radius 3 is 2.18 bits per heavy atom. The first-order valence-electron chi connectivity index (χ1n) is 7.38. The summed E-state index contributed by atoms with van der Waals surface area (Å²) in [6, 6.07) is 1.83. The molecule has 1 fully saturated rings. The molecule has 0 aliphatic carbocycles. The van der Waals surface area contributed by atoms with Gasteiger partial charge in [0.1, 0.15) is 0 Å². The van der Waals surface area contributed by atoms with Crippen molar-refractivity contribution in [2.45, 2.75) is 59.3 Å². The first-order valence-corrected chi connectivity index (χ1v) is 7.38. The molecule has 0 saturated carbocycles. The average Bonchev–Trinajstić information content (AvgIpc) is 2.62. The Morgan fingerprint density at radius 2 is 1.73 bits per heavy atom. The Labute approximate surface area is 131 Å². The molecule has 0 radical (unpaired) electrons. The van der Waals surface area contributed by atoms with Crippen molar-refractivity contribution in [2.75, 3.05) is 0 Å². The van der Waals surface area contributed by atoms with Crippen LogP contribution in [-0.2, 0) is 15.9 Å². The summed E-state index contributed by atoms with van der Waals surface area (Å²) in [6.07, 6.45) is 0. The maximum Gasteiger partial charge on any atom is 0.495 e. The monoisotopic (exact) mass is 302 g/mol. The van der Waals surface area contributed by atoms with Gasteiger partial charge in [0.25, 0.3) is 0 Å². The SMILES string of the molecule is Cc1c(CN)cc(N=[N+]=[N-])c(C)c1B1OC(C)(C)C(C)(C)O1. The molecule has 1 aliphatic rings. The molecule has 2 rings (SSSR count). The molecule has 0 amide bonds. The minimum atomic E-state index is -0.496. The zero-order valence-corrected chi connectivity index (χ0v) is 14.1. The third-order valence-corrected chi connectivity index (χ3v) is 4.85. The van der Waals surface area contributed by atoms with E-state index < -0.39 is 18.3 Å². The van der Waals surface area contributed by atoms with E-state index in [0.29, 0.717) is 12.2 Å². The molecule has 0 spiro atoms. The van der Waals surface area contributed by atoms with Crippen LogP contribution in [0.5, 0.6) is 0 Å². The van der Waals surface area contributed by atoms with E-state index >= 15 is 0 Å². The molecule has 22 heavy (non-hydrogen) atoms. The molecule has 1 saturated heterocycles. The summed E-state index contributed by atoms with van der Waals surface area (Å²) in [4.78, 5) is 2.90. The van der Waals surface area contributed by atoms with Crippen molar-refractivity contribution in [2.24, 2.45) is 10.8 Å². The maximum absolute atomic E-state index is 8.76. The predicted molar refractivity (Wildman–Crippen MR) is 88.3 cm³/mol. The molecule has 118 valence electrons. The van der Waals surface area contributed by atoms with Crippen LogP contribution in [0.1, 0.15) is 44.4 Å². The second-order valence-corrected chi connectivity index (χ2v) is 6.70. The molecular weight excluding hydrogens is 279 g/mol. The molecule has 6 nitrogen and oxygen atoms in total. The van der Waals surface area contributed by atoms with Crippen LogP contribution in [0.4, 0.5) is 5.69 Å². The van der Waals surface area contributed by atoms with Gasteiger partial charge >= 0.3 is 7.12 Å². The molecular formula is C15H23BN4O2. The lowest BCUT2D eigenvalue weighted by molar-refractivity contribution is 0.00578. The van der Waals surface area contributed by atoms with Gasteiger partial charge in [-0.2, -0.15) is 0 Å². The highest BCUT2D eigenvalue weighted by Gasteiger charge is 2.52. The zero-order valence-electron chi connectivity index (χ0n) is 14.1. The fraction of sp³-hybridized carbons (Fsp3) is 0.600. The van der Waals surface area contributed by atoms with E-state index in [1.54, 1.807) is 0 Å². The number of nitrogens with two attached hydrogens (primary N) is 1. The van der Waals surface area contributed by atoms with Crippen molar-refractivity contribution in [1.82, 2.24) is 0 Å². The Bertz CT molecular complexity index is 635. The van der Waals surface area contributed by atoms with E-state index in [1.165, 1.54) is 0 Å². The van der Waals surface area contributed by atoms with Crippen molar-refractivity contribution < 1.29 is 9.31 Å². The maximum atomic E-state index is 8.76. The van der Waals surface area contributed by atoms with Gasteiger partial charge in [0, 0.05) is 17.1 Å². The molecule has 2 N–H and O–H groups in total. The fourth-order valence-corrected chi connectivity index (χ4v) is 2.65. The first-order chi connectivity index (χ1) is 10.1. The van der Waals surface area contributed by atoms with Gasteiger partial charge in [-0.15, -0.1) is 0 Å². The van der Waals surface area contributed by atoms with Gasteiger partial charge in [0.2, 0.25) is 0 Å². The zero-order chi connectivity index (χ0) is 16.7. The summed E-state index contributed by atoms with van der Waals surface area (Å²) in [5, 5.41) is 3.77. The van der Waals surface area contributed by atoms with E-state index in [-0.39, 0.29) is 0 Å². The van der Waals surface area contributed by atoms with Gasteiger partial charge in [-0.3, -0.25) is 0 Å². The number of azide groups is 1. The topological polar surface area (TPSA) is 93.2 Å². The normalized spacial score (nSPS) is 19.1. The highest BCUT2D eigenvalue weighted by molar-refractivity contribution is 6.63. The Kier molecular flexibility index (Phi) is 4.28. The lowest BCUT2D eigenvalue weighted by atomic mass is 9.72. The van der Waals surface area contributed by atoms with Gasteiger partial charge in [-0.1, -0.05) is 5.11 Å². The predicted octanol–water partition coefficient (Wildman–Crippen LogP) is 3.00. The van der Waals surface area contributed by atoms with Gasteiger partial charge in [0.15, 0.2) is 0 Å². The van der Waals surface area contributed by atoms with Crippen molar-refractivity contribution in [3.8, 4) is 0 Å². The lowest BCUT2D eigenvalue weighted by Gasteiger charge is -2.32. The van der Waals surface area contributed by atoms with Gasteiger partial charge in [-0.05, 0) is 75.3 Å². The van der Waals surface area contributed by atoms with Crippen LogP contribution in [0.3, 0.4) is 0 Å². The van der Waals surface area contributed by atoms with Crippen LogP contribution in [-0.4, -0.2) is 18.3 Å². The fourth-order valence-electron chi connectivity index (χ4n) is 2.65. The van der Waals surface area contributed by atoms with E-state index in [4.69, 9.17) is 20.6 Å². The summed E-state index contributed by atoms with van der Waals surface area (Å²) in [6.45, 7) is 12.3. The van der Waals surface area contributed by atoms with Crippen LogP contribution in [0.25, 0.3) is 10.4 Å². The lowest BCUT2D eigenvalue weighted by Crippen LogP contribution is -2.41. The number of hydrogen-bond donors (Lipinski definition) is 1. The van der Waals surface area contributed by atoms with Crippen molar-refractivity contribution in [3.63, 3.8) is 0 Å². The Hall–Kier alpha value is -1.53. The van der Waals surface area contributed by atoms with Gasteiger partial charge in [0.05, 0.1) is 11.2 Å². The van der Waals surface area contributed by atoms with E-state index in [9.17, 15) is 0 Å². The highest BCUT2D eigenvalue weighted by Crippen LogP contribution is 2.37. The summed E-state index contributed by atoms with van der Waals surface area (Å²) >= 11 is 0. The van der Waals surface area contributed by atoms with Crippen molar-refractivity contribution in [3.05, 3.63) is 33.2 Å². The average molecular weight is 302 g/mol. The Balaban J connectivity index is 2.61. The van der Waals surface area contributed by atoms with E-state index in [0.717, 1.165) is 22.2 Å². The first kappa shape index (κ1) is 16.8. The molecule has 7 heteroatoms. The quantitative estimate of drug-likeness (QED) is 0.402. The minimum Gasteiger partial charge on any atom is -0.399 e. The molecule has 0 atom stereocenters. The molecule has 1 aromatic rings. The third-order valence-electron chi connectivity index (χ3n) is 4.85. The van der Waals surface area contributed by atoms with Crippen LogP contribution in [0.15, 0.2) is 11.2 Å². The highest BCUT2D eigenvalue weighted by atomic mass is 16.7. The van der Waals surface area contributed by atoms with Crippen LogP contribution >= 0.6 is 0 Å². The second kappa shape index (κ2) is 5.59. The molecule has 0 unspecified atom stereocenters. The molecule has 0 aromatic heterocycles. The van der Waals surface area contributed by atoms with Gasteiger partial charge in [-0.25, -0.2) is 0 Å². The van der Waals surface area contributed by atoms with Crippen molar-refractivity contribution >= 4 is 18.3 Å². The molecule has 1 aromatic carbocycles. The number of hydrogen-bond acceptors (Lipinski definition) is 4.